The van der Waals surface area contributed by atoms with Crippen LogP contribution in [0.2, 0.25) is 0 Å². The standard InChI is InChI=1S/C12H16N2O5/c15-8-9-4-2-1-3-7-13(9)12(16)10-5-6-11(19-10)14(17)18/h5-6,9,15H,1-4,7-8H2. The summed E-state index contributed by atoms with van der Waals surface area (Å²) in [4.78, 5) is 23.7. The summed E-state index contributed by atoms with van der Waals surface area (Å²) in [6.45, 7) is 0.438. The molecule has 0 spiro atoms. The van der Waals surface area contributed by atoms with Crippen LogP contribution in [0.1, 0.15) is 36.2 Å². The van der Waals surface area contributed by atoms with Crippen LogP contribution in [-0.2, 0) is 0 Å². The Morgan fingerprint density at radius 2 is 2.26 bits per heavy atom. The van der Waals surface area contributed by atoms with E-state index in [0.717, 1.165) is 25.7 Å². The highest BCUT2D eigenvalue weighted by atomic mass is 16.6. The van der Waals surface area contributed by atoms with Crippen molar-refractivity contribution in [3.05, 3.63) is 28.0 Å². The Labute approximate surface area is 110 Å². The molecule has 1 aliphatic heterocycles. The first kappa shape index (κ1) is 13.5. The maximum Gasteiger partial charge on any atom is 0.433 e. The van der Waals surface area contributed by atoms with E-state index in [1.807, 2.05) is 0 Å². The molecular formula is C12H16N2O5. The molecule has 1 fully saturated rings. The van der Waals surface area contributed by atoms with Crippen LogP contribution in [0, 0.1) is 10.1 Å². The monoisotopic (exact) mass is 268 g/mol. The minimum absolute atomic E-state index is 0.0490. The molecule has 0 aliphatic carbocycles. The molecule has 0 saturated carbocycles. The molecule has 1 atom stereocenters. The summed E-state index contributed by atoms with van der Waals surface area (Å²) in [5.74, 6) is -0.889. The van der Waals surface area contributed by atoms with Gasteiger partial charge in [-0.15, -0.1) is 0 Å². The predicted octanol–water partition coefficient (Wildman–Crippen LogP) is 1.56. The number of rotatable bonds is 3. The highest BCUT2D eigenvalue weighted by Crippen LogP contribution is 2.22. The summed E-state index contributed by atoms with van der Waals surface area (Å²) >= 11 is 0. The van der Waals surface area contributed by atoms with E-state index in [9.17, 15) is 20.0 Å². The molecule has 0 aromatic carbocycles. The average Bonchev–Trinajstić information content (AvgIpc) is 2.77. The molecule has 1 aliphatic rings. The molecule has 19 heavy (non-hydrogen) atoms. The van der Waals surface area contributed by atoms with Crippen LogP contribution in [-0.4, -0.2) is 40.0 Å². The lowest BCUT2D eigenvalue weighted by atomic mass is 10.1. The van der Waals surface area contributed by atoms with Crippen molar-refractivity contribution in [1.82, 2.24) is 4.90 Å². The second kappa shape index (κ2) is 5.83. The highest BCUT2D eigenvalue weighted by Gasteiger charge is 2.28. The van der Waals surface area contributed by atoms with Gasteiger partial charge in [0.1, 0.15) is 4.92 Å². The maximum atomic E-state index is 12.3. The molecular weight excluding hydrogens is 252 g/mol. The molecule has 7 nitrogen and oxygen atoms in total. The zero-order valence-electron chi connectivity index (χ0n) is 10.4. The van der Waals surface area contributed by atoms with Gasteiger partial charge < -0.3 is 14.4 Å². The van der Waals surface area contributed by atoms with Gasteiger partial charge in [-0.05, 0) is 18.9 Å². The first-order valence-electron chi connectivity index (χ1n) is 6.29. The minimum Gasteiger partial charge on any atom is -0.395 e. The van der Waals surface area contributed by atoms with E-state index in [0.29, 0.717) is 6.54 Å². The largest absolute Gasteiger partial charge is 0.433 e. The van der Waals surface area contributed by atoms with Crippen LogP contribution in [0.25, 0.3) is 0 Å². The van der Waals surface area contributed by atoms with Gasteiger partial charge in [-0.25, -0.2) is 0 Å². The summed E-state index contributed by atoms with van der Waals surface area (Å²) in [7, 11) is 0. The van der Waals surface area contributed by atoms with Crippen molar-refractivity contribution in [3.63, 3.8) is 0 Å². The van der Waals surface area contributed by atoms with Crippen LogP contribution < -0.4 is 0 Å². The summed E-state index contributed by atoms with van der Waals surface area (Å²) in [6.07, 6.45) is 3.59. The van der Waals surface area contributed by atoms with Crippen molar-refractivity contribution >= 4 is 11.8 Å². The van der Waals surface area contributed by atoms with E-state index in [1.54, 1.807) is 4.90 Å². The molecule has 1 aromatic heterocycles. The second-order valence-electron chi connectivity index (χ2n) is 4.58. The van der Waals surface area contributed by atoms with Crippen LogP contribution in [0.5, 0.6) is 0 Å². The molecule has 2 rings (SSSR count). The number of carbonyl (C=O) groups excluding carboxylic acids is 1. The van der Waals surface area contributed by atoms with Crippen molar-refractivity contribution in [3.8, 4) is 0 Å². The van der Waals surface area contributed by atoms with Crippen LogP contribution in [0.4, 0.5) is 5.88 Å². The number of aliphatic hydroxyl groups excluding tert-OH is 1. The second-order valence-corrected chi connectivity index (χ2v) is 4.58. The fourth-order valence-corrected chi connectivity index (χ4v) is 2.32. The third-order valence-corrected chi connectivity index (χ3v) is 3.33. The Hall–Kier alpha value is -1.89. The van der Waals surface area contributed by atoms with Crippen LogP contribution in [0.15, 0.2) is 16.5 Å². The van der Waals surface area contributed by atoms with Crippen molar-refractivity contribution < 1.29 is 19.2 Å². The Kier molecular flexibility index (Phi) is 4.16. The lowest BCUT2D eigenvalue weighted by Crippen LogP contribution is -2.41. The van der Waals surface area contributed by atoms with Gasteiger partial charge in [-0.2, -0.15) is 0 Å². The lowest BCUT2D eigenvalue weighted by Gasteiger charge is -2.27. The fraction of sp³-hybridized carbons (Fsp3) is 0.583. The average molecular weight is 268 g/mol. The van der Waals surface area contributed by atoms with E-state index >= 15 is 0 Å². The number of furan rings is 1. The van der Waals surface area contributed by atoms with E-state index in [2.05, 4.69) is 0 Å². The molecule has 1 amide bonds. The molecule has 7 heteroatoms. The molecule has 0 radical (unpaired) electrons. The van der Waals surface area contributed by atoms with Gasteiger partial charge in [0.15, 0.2) is 5.76 Å². The Bertz CT molecular complexity index is 470. The summed E-state index contributed by atoms with van der Waals surface area (Å²) in [5.41, 5.74) is 0. The topological polar surface area (TPSA) is 96.8 Å². The Balaban J connectivity index is 2.17. The molecule has 0 bridgehead atoms. The van der Waals surface area contributed by atoms with Crippen molar-refractivity contribution in [2.24, 2.45) is 0 Å². The van der Waals surface area contributed by atoms with Gasteiger partial charge in [0, 0.05) is 6.54 Å². The molecule has 1 N–H and O–H groups in total. The quantitative estimate of drug-likeness (QED) is 0.662. The number of likely N-dealkylation sites (tertiary alicyclic amines) is 1. The number of nitro groups is 1. The third-order valence-electron chi connectivity index (χ3n) is 3.33. The summed E-state index contributed by atoms with van der Waals surface area (Å²) in [6, 6.07) is 2.23. The smallest absolute Gasteiger partial charge is 0.395 e. The first-order valence-corrected chi connectivity index (χ1v) is 6.29. The number of hydrogen-bond acceptors (Lipinski definition) is 5. The normalized spacial score (nSPS) is 20.1. The molecule has 104 valence electrons. The van der Waals surface area contributed by atoms with Crippen LogP contribution >= 0.6 is 0 Å². The number of nitrogens with zero attached hydrogens (tertiary/aromatic N) is 2. The number of aliphatic hydroxyl groups is 1. The van der Waals surface area contributed by atoms with Gasteiger partial charge in [-0.1, -0.05) is 12.8 Å². The Morgan fingerprint density at radius 1 is 1.47 bits per heavy atom. The van der Waals surface area contributed by atoms with Crippen molar-refractivity contribution in [2.45, 2.75) is 31.7 Å². The Morgan fingerprint density at radius 3 is 2.89 bits per heavy atom. The van der Waals surface area contributed by atoms with E-state index in [4.69, 9.17) is 4.42 Å². The molecule has 1 aromatic rings. The first-order chi connectivity index (χ1) is 9.13. The fourth-order valence-electron chi connectivity index (χ4n) is 2.32. The van der Waals surface area contributed by atoms with E-state index in [-0.39, 0.29) is 18.4 Å². The number of carbonyl (C=O) groups is 1. The SMILES string of the molecule is O=C(c1ccc([N+](=O)[O-])o1)N1CCCCCC1CO. The van der Waals surface area contributed by atoms with Gasteiger partial charge in [0.25, 0.3) is 5.91 Å². The third kappa shape index (κ3) is 2.93. The van der Waals surface area contributed by atoms with Gasteiger partial charge >= 0.3 is 5.88 Å². The highest BCUT2D eigenvalue weighted by molar-refractivity contribution is 5.92. The molecule has 1 saturated heterocycles. The maximum absolute atomic E-state index is 12.3. The van der Waals surface area contributed by atoms with Crippen molar-refractivity contribution in [1.29, 1.82) is 0 Å². The van der Waals surface area contributed by atoms with Gasteiger partial charge in [0.05, 0.1) is 18.7 Å². The zero-order valence-corrected chi connectivity index (χ0v) is 10.4. The van der Waals surface area contributed by atoms with Crippen LogP contribution in [0.3, 0.4) is 0 Å². The molecule has 2 heterocycles. The van der Waals surface area contributed by atoms with Gasteiger partial charge in [0.2, 0.25) is 0 Å². The zero-order chi connectivity index (χ0) is 13.8. The van der Waals surface area contributed by atoms with Gasteiger partial charge in [-0.3, -0.25) is 14.9 Å². The number of amides is 1. The summed E-state index contributed by atoms with van der Waals surface area (Å²) < 4.78 is 4.92. The minimum atomic E-state index is -0.678. The predicted molar refractivity (Wildman–Crippen MR) is 65.7 cm³/mol. The van der Waals surface area contributed by atoms with E-state index < -0.39 is 16.7 Å². The van der Waals surface area contributed by atoms with Crippen molar-refractivity contribution in [2.75, 3.05) is 13.2 Å². The lowest BCUT2D eigenvalue weighted by molar-refractivity contribution is -0.402. The summed E-state index contributed by atoms with van der Waals surface area (Å²) in [5, 5.41) is 19.9. The van der Waals surface area contributed by atoms with E-state index in [1.165, 1.54) is 12.1 Å². The molecule has 1 unspecified atom stereocenters. The number of hydrogen-bond donors (Lipinski definition) is 1.